The second-order valence-electron chi connectivity index (χ2n) is 4.31. The quantitative estimate of drug-likeness (QED) is 0.757. The van der Waals surface area contributed by atoms with E-state index in [1.54, 1.807) is 12.4 Å². The molecule has 1 amide bonds. The van der Waals surface area contributed by atoms with Crippen molar-refractivity contribution < 1.29 is 14.3 Å². The minimum Gasteiger partial charge on any atom is -0.469 e. The molecule has 19 heavy (non-hydrogen) atoms. The number of nitrogens with zero attached hydrogens (tertiary/aromatic N) is 1. The van der Waals surface area contributed by atoms with Crippen molar-refractivity contribution >= 4 is 11.9 Å². The molecule has 1 N–H and O–H groups in total. The molecule has 1 aromatic rings. The normalized spacial score (nSPS) is 11.7. The van der Waals surface area contributed by atoms with Crippen LogP contribution in [0.5, 0.6) is 0 Å². The van der Waals surface area contributed by atoms with E-state index in [9.17, 15) is 9.59 Å². The Labute approximate surface area is 113 Å². The summed E-state index contributed by atoms with van der Waals surface area (Å²) in [6.45, 7) is 1.93. The van der Waals surface area contributed by atoms with Gasteiger partial charge in [0.05, 0.1) is 13.5 Å². The number of aryl methyl sites for hydroxylation is 1. The summed E-state index contributed by atoms with van der Waals surface area (Å²) in [6.07, 6.45) is 5.41. The monoisotopic (exact) mass is 264 g/mol. The van der Waals surface area contributed by atoms with Crippen LogP contribution in [0.1, 0.15) is 31.7 Å². The number of hydrogen-bond donors (Lipinski definition) is 1. The largest absolute Gasteiger partial charge is 0.469 e. The molecule has 1 unspecified atom stereocenters. The first kappa shape index (κ1) is 15.1. The molecule has 0 bridgehead atoms. The molecule has 0 aromatic carbocycles. The van der Waals surface area contributed by atoms with Crippen LogP contribution in [0.4, 0.5) is 0 Å². The molecule has 0 aliphatic rings. The number of carbonyl (C=O) groups is 2. The number of pyridine rings is 1. The van der Waals surface area contributed by atoms with Crippen LogP contribution in [0.3, 0.4) is 0 Å². The summed E-state index contributed by atoms with van der Waals surface area (Å²) in [4.78, 5) is 26.9. The Balaban J connectivity index is 2.35. The highest BCUT2D eigenvalue weighted by Gasteiger charge is 2.14. The molecule has 1 atom stereocenters. The number of ether oxygens (including phenoxy) is 1. The first-order valence-corrected chi connectivity index (χ1v) is 6.40. The average Bonchev–Trinajstić information content (AvgIpc) is 2.45. The molecule has 0 saturated heterocycles. The molecule has 0 radical (unpaired) electrons. The third-order valence-corrected chi connectivity index (χ3v) is 2.89. The number of rotatable bonds is 7. The lowest BCUT2D eigenvalue weighted by Gasteiger charge is -2.15. The topological polar surface area (TPSA) is 68.3 Å². The van der Waals surface area contributed by atoms with Crippen molar-refractivity contribution in [2.75, 3.05) is 7.11 Å². The molecule has 1 heterocycles. The Morgan fingerprint density at radius 2 is 2.05 bits per heavy atom. The van der Waals surface area contributed by atoms with Gasteiger partial charge in [0.2, 0.25) is 5.91 Å². The SMILES string of the molecule is CCC(CC(=O)OC)NC(=O)CCc1ccncc1. The van der Waals surface area contributed by atoms with Gasteiger partial charge in [-0.05, 0) is 30.5 Å². The van der Waals surface area contributed by atoms with Crippen LogP contribution in [-0.2, 0) is 20.7 Å². The lowest BCUT2D eigenvalue weighted by atomic mass is 10.1. The van der Waals surface area contributed by atoms with E-state index in [2.05, 4.69) is 15.0 Å². The summed E-state index contributed by atoms with van der Waals surface area (Å²) >= 11 is 0. The van der Waals surface area contributed by atoms with E-state index >= 15 is 0 Å². The third kappa shape index (κ3) is 5.99. The first-order chi connectivity index (χ1) is 9.15. The second-order valence-corrected chi connectivity index (χ2v) is 4.31. The number of hydrogen-bond acceptors (Lipinski definition) is 4. The van der Waals surface area contributed by atoms with E-state index in [4.69, 9.17) is 0 Å². The average molecular weight is 264 g/mol. The second kappa shape index (κ2) is 8.24. The van der Waals surface area contributed by atoms with Gasteiger partial charge in [0, 0.05) is 24.9 Å². The minimum atomic E-state index is -0.304. The predicted molar refractivity (Wildman–Crippen MR) is 71.4 cm³/mol. The van der Waals surface area contributed by atoms with Gasteiger partial charge < -0.3 is 10.1 Å². The summed E-state index contributed by atoms with van der Waals surface area (Å²) in [5, 5.41) is 2.85. The van der Waals surface area contributed by atoms with Crippen LogP contribution < -0.4 is 5.32 Å². The van der Waals surface area contributed by atoms with Gasteiger partial charge >= 0.3 is 5.97 Å². The van der Waals surface area contributed by atoms with Crippen molar-refractivity contribution in [1.82, 2.24) is 10.3 Å². The van der Waals surface area contributed by atoms with Crippen LogP contribution in [0.25, 0.3) is 0 Å². The van der Waals surface area contributed by atoms with Crippen molar-refractivity contribution in [3.05, 3.63) is 30.1 Å². The van der Waals surface area contributed by atoms with Crippen molar-refractivity contribution in [1.29, 1.82) is 0 Å². The fourth-order valence-electron chi connectivity index (χ4n) is 1.69. The zero-order chi connectivity index (χ0) is 14.1. The van der Waals surface area contributed by atoms with Gasteiger partial charge in [0.15, 0.2) is 0 Å². The van der Waals surface area contributed by atoms with Gasteiger partial charge in [-0.2, -0.15) is 0 Å². The number of amides is 1. The lowest BCUT2D eigenvalue weighted by molar-refractivity contribution is -0.141. The highest BCUT2D eigenvalue weighted by Crippen LogP contribution is 2.03. The van der Waals surface area contributed by atoms with Crippen LogP contribution in [0.2, 0.25) is 0 Å². The molecule has 0 aliphatic carbocycles. The number of carbonyl (C=O) groups excluding carboxylic acids is 2. The fraction of sp³-hybridized carbons (Fsp3) is 0.500. The highest BCUT2D eigenvalue weighted by atomic mass is 16.5. The lowest BCUT2D eigenvalue weighted by Crippen LogP contribution is -2.36. The summed E-state index contributed by atoms with van der Waals surface area (Å²) in [5.74, 6) is -0.353. The molecule has 1 rings (SSSR count). The zero-order valence-corrected chi connectivity index (χ0v) is 11.4. The maximum Gasteiger partial charge on any atom is 0.307 e. The first-order valence-electron chi connectivity index (χ1n) is 6.40. The summed E-state index contributed by atoms with van der Waals surface area (Å²) in [5.41, 5.74) is 1.08. The summed E-state index contributed by atoms with van der Waals surface area (Å²) in [7, 11) is 1.35. The maximum absolute atomic E-state index is 11.8. The Bertz CT molecular complexity index is 406. The standard InChI is InChI=1S/C14H20N2O3/c1-3-12(10-14(18)19-2)16-13(17)5-4-11-6-8-15-9-7-11/h6-9,12H,3-5,10H2,1-2H3,(H,16,17). The van der Waals surface area contributed by atoms with Crippen molar-refractivity contribution in [3.63, 3.8) is 0 Å². The number of nitrogens with one attached hydrogen (secondary N) is 1. The zero-order valence-electron chi connectivity index (χ0n) is 11.4. The molecule has 104 valence electrons. The number of esters is 1. The Kier molecular flexibility index (Phi) is 6.57. The van der Waals surface area contributed by atoms with E-state index in [1.807, 2.05) is 19.1 Å². The molecule has 0 fully saturated rings. The van der Waals surface area contributed by atoms with Crippen LogP contribution >= 0.6 is 0 Å². The maximum atomic E-state index is 11.8. The van der Waals surface area contributed by atoms with Gasteiger partial charge in [-0.3, -0.25) is 14.6 Å². The van der Waals surface area contributed by atoms with Crippen LogP contribution in [0.15, 0.2) is 24.5 Å². The Morgan fingerprint density at radius 1 is 1.37 bits per heavy atom. The van der Waals surface area contributed by atoms with E-state index in [-0.39, 0.29) is 24.3 Å². The van der Waals surface area contributed by atoms with Crippen molar-refractivity contribution in [3.8, 4) is 0 Å². The molecule has 0 saturated carbocycles. The van der Waals surface area contributed by atoms with E-state index in [0.717, 1.165) is 5.56 Å². The molecule has 1 aromatic heterocycles. The van der Waals surface area contributed by atoms with Crippen LogP contribution in [-0.4, -0.2) is 30.0 Å². The number of aromatic nitrogens is 1. The van der Waals surface area contributed by atoms with Crippen molar-refractivity contribution in [2.24, 2.45) is 0 Å². The molecular weight excluding hydrogens is 244 g/mol. The predicted octanol–water partition coefficient (Wildman–Crippen LogP) is 1.47. The van der Waals surface area contributed by atoms with Gasteiger partial charge in [0.1, 0.15) is 0 Å². The highest BCUT2D eigenvalue weighted by molar-refractivity contribution is 5.77. The summed E-state index contributed by atoms with van der Waals surface area (Å²) in [6, 6.07) is 3.62. The third-order valence-electron chi connectivity index (χ3n) is 2.89. The minimum absolute atomic E-state index is 0.0486. The van der Waals surface area contributed by atoms with Crippen molar-refractivity contribution in [2.45, 2.75) is 38.6 Å². The van der Waals surface area contributed by atoms with Crippen LogP contribution in [0, 0.1) is 0 Å². The molecule has 5 heteroatoms. The smallest absolute Gasteiger partial charge is 0.307 e. The van der Waals surface area contributed by atoms with E-state index in [0.29, 0.717) is 19.3 Å². The number of methoxy groups -OCH3 is 1. The van der Waals surface area contributed by atoms with E-state index in [1.165, 1.54) is 7.11 Å². The summed E-state index contributed by atoms with van der Waals surface area (Å²) < 4.78 is 4.60. The Morgan fingerprint density at radius 3 is 2.63 bits per heavy atom. The molecule has 0 spiro atoms. The van der Waals surface area contributed by atoms with Gasteiger partial charge in [-0.25, -0.2) is 0 Å². The Hall–Kier alpha value is -1.91. The molecular formula is C14H20N2O3. The van der Waals surface area contributed by atoms with Gasteiger partial charge in [-0.1, -0.05) is 6.92 Å². The van der Waals surface area contributed by atoms with Gasteiger partial charge in [0.25, 0.3) is 0 Å². The van der Waals surface area contributed by atoms with Gasteiger partial charge in [-0.15, -0.1) is 0 Å². The van der Waals surface area contributed by atoms with E-state index < -0.39 is 0 Å². The fourth-order valence-corrected chi connectivity index (χ4v) is 1.69. The molecule has 5 nitrogen and oxygen atoms in total. The molecule has 0 aliphatic heterocycles.